The highest BCUT2D eigenvalue weighted by atomic mass is 35.7. The van der Waals surface area contributed by atoms with Crippen LogP contribution in [-0.4, -0.2) is 0 Å². The Bertz CT molecular complexity index is 239. The van der Waals surface area contributed by atoms with Crippen LogP contribution in [0.15, 0.2) is 23.1 Å². The molecule has 0 amide bonds. The highest BCUT2D eigenvalue weighted by Gasteiger charge is 1.99. The van der Waals surface area contributed by atoms with Crippen molar-refractivity contribution < 1.29 is 4.39 Å². The summed E-state index contributed by atoms with van der Waals surface area (Å²) in [6.07, 6.45) is 0. The molecule has 54 valence electrons. The van der Waals surface area contributed by atoms with Gasteiger partial charge in [-0.25, -0.2) is 4.39 Å². The van der Waals surface area contributed by atoms with Gasteiger partial charge in [0.05, 0.1) is 5.02 Å². The fourth-order valence-corrected chi connectivity index (χ4v) is 1.59. The van der Waals surface area contributed by atoms with Gasteiger partial charge in [0.25, 0.3) is 0 Å². The molecule has 0 radical (unpaired) electrons. The highest BCUT2D eigenvalue weighted by Crippen LogP contribution is 2.29. The molecule has 0 atom stereocenters. The van der Waals surface area contributed by atoms with E-state index >= 15 is 0 Å². The number of halogens is 3. The second kappa shape index (κ2) is 3.46. The Labute approximate surface area is 71.8 Å². The molecule has 10 heavy (non-hydrogen) atoms. The molecule has 1 rings (SSSR count). The van der Waals surface area contributed by atoms with Crippen molar-refractivity contribution in [2.24, 2.45) is 0 Å². The van der Waals surface area contributed by atoms with Crippen LogP contribution in [0, 0.1) is 5.82 Å². The molecular formula is C6H3Cl2FS. The van der Waals surface area contributed by atoms with Gasteiger partial charge in [-0.2, -0.15) is 0 Å². The zero-order chi connectivity index (χ0) is 7.56. The first-order valence-electron chi connectivity index (χ1n) is 2.47. The molecule has 4 heteroatoms. The second-order valence-electron chi connectivity index (χ2n) is 1.65. The predicted octanol–water partition coefficient (Wildman–Crippen LogP) is 3.73. The third kappa shape index (κ3) is 1.78. The van der Waals surface area contributed by atoms with Gasteiger partial charge in [-0.1, -0.05) is 11.6 Å². The van der Waals surface area contributed by atoms with Gasteiger partial charge in [0.15, 0.2) is 0 Å². The van der Waals surface area contributed by atoms with Crippen LogP contribution in [-0.2, 0) is 0 Å². The van der Waals surface area contributed by atoms with Crippen LogP contribution in [0.1, 0.15) is 0 Å². The maximum Gasteiger partial charge on any atom is 0.124 e. The first-order chi connectivity index (χ1) is 4.74. The molecule has 0 aromatic heterocycles. The molecule has 0 bridgehead atoms. The van der Waals surface area contributed by atoms with Gasteiger partial charge < -0.3 is 0 Å². The quantitative estimate of drug-likeness (QED) is 0.660. The van der Waals surface area contributed by atoms with E-state index in [9.17, 15) is 4.39 Å². The van der Waals surface area contributed by atoms with Crippen molar-refractivity contribution in [3.05, 3.63) is 29.0 Å². The Hall–Kier alpha value is 0.0800. The van der Waals surface area contributed by atoms with E-state index < -0.39 is 0 Å². The summed E-state index contributed by atoms with van der Waals surface area (Å²) >= 11 is 5.58. The average molecular weight is 197 g/mol. The minimum absolute atomic E-state index is 0.347. The molecule has 0 spiro atoms. The molecule has 0 saturated carbocycles. The molecule has 0 heterocycles. The van der Waals surface area contributed by atoms with Gasteiger partial charge in [0.1, 0.15) is 5.82 Å². The Morgan fingerprint density at radius 2 is 2.10 bits per heavy atom. The van der Waals surface area contributed by atoms with E-state index in [1.165, 1.54) is 18.2 Å². The van der Waals surface area contributed by atoms with Crippen molar-refractivity contribution in [3.8, 4) is 0 Å². The topological polar surface area (TPSA) is 0 Å². The van der Waals surface area contributed by atoms with Crippen molar-refractivity contribution in [3.63, 3.8) is 0 Å². The normalized spacial score (nSPS) is 9.90. The predicted molar refractivity (Wildman–Crippen MR) is 43.1 cm³/mol. The summed E-state index contributed by atoms with van der Waals surface area (Å²) in [7, 11) is 6.37. The molecule has 1 aromatic carbocycles. The van der Waals surface area contributed by atoms with Crippen molar-refractivity contribution >= 4 is 33.3 Å². The number of hydrogen-bond donors (Lipinski definition) is 0. The molecule has 0 aliphatic rings. The Morgan fingerprint density at radius 1 is 1.40 bits per heavy atom. The summed E-state index contributed by atoms with van der Waals surface area (Å²) < 4.78 is 12.3. The van der Waals surface area contributed by atoms with Crippen LogP contribution in [0.3, 0.4) is 0 Å². The van der Waals surface area contributed by atoms with Crippen LogP contribution < -0.4 is 0 Å². The zero-order valence-corrected chi connectivity index (χ0v) is 7.10. The van der Waals surface area contributed by atoms with E-state index in [1.54, 1.807) is 0 Å². The molecule has 0 aliphatic carbocycles. The molecular weight excluding hydrogens is 194 g/mol. The van der Waals surface area contributed by atoms with E-state index in [2.05, 4.69) is 0 Å². The van der Waals surface area contributed by atoms with Gasteiger partial charge in [-0.05, 0) is 39.9 Å². The fourth-order valence-electron chi connectivity index (χ4n) is 0.538. The van der Waals surface area contributed by atoms with Crippen LogP contribution in [0.4, 0.5) is 4.39 Å². The van der Waals surface area contributed by atoms with E-state index in [4.69, 9.17) is 22.3 Å². The van der Waals surface area contributed by atoms with E-state index in [0.29, 0.717) is 9.92 Å². The maximum atomic E-state index is 12.3. The lowest BCUT2D eigenvalue weighted by Gasteiger charge is -1.95. The molecule has 0 N–H and O–H groups in total. The highest BCUT2D eigenvalue weighted by molar-refractivity contribution is 8.21. The summed E-state index contributed by atoms with van der Waals surface area (Å²) in [4.78, 5) is 0.671. The lowest BCUT2D eigenvalue weighted by atomic mass is 10.3. The minimum Gasteiger partial charge on any atom is -0.207 e. The average Bonchev–Trinajstić information content (AvgIpc) is 1.88. The summed E-state index contributed by atoms with van der Waals surface area (Å²) in [5.74, 6) is -0.348. The Balaban J connectivity index is 3.07. The molecule has 0 unspecified atom stereocenters. The molecule has 1 aromatic rings. The summed E-state index contributed by atoms with van der Waals surface area (Å²) in [6.45, 7) is 0. The summed E-state index contributed by atoms with van der Waals surface area (Å²) in [5.41, 5.74) is 0. The summed E-state index contributed by atoms with van der Waals surface area (Å²) in [6, 6.07) is 4.08. The Morgan fingerprint density at radius 3 is 2.60 bits per heavy atom. The van der Waals surface area contributed by atoms with E-state index in [-0.39, 0.29) is 5.82 Å². The van der Waals surface area contributed by atoms with Gasteiger partial charge in [-0.15, -0.1) is 0 Å². The van der Waals surface area contributed by atoms with Gasteiger partial charge in [0.2, 0.25) is 0 Å². The SMILES string of the molecule is Fc1ccc(SCl)c(Cl)c1. The number of benzene rings is 1. The van der Waals surface area contributed by atoms with Crippen LogP contribution in [0.2, 0.25) is 5.02 Å². The van der Waals surface area contributed by atoms with Gasteiger partial charge in [0, 0.05) is 4.90 Å². The minimum atomic E-state index is -0.348. The van der Waals surface area contributed by atoms with Gasteiger partial charge in [-0.3, -0.25) is 0 Å². The molecule has 0 aliphatic heterocycles. The second-order valence-corrected chi connectivity index (χ2v) is 3.12. The van der Waals surface area contributed by atoms with E-state index in [1.807, 2.05) is 0 Å². The van der Waals surface area contributed by atoms with Crippen molar-refractivity contribution in [2.45, 2.75) is 4.90 Å². The first-order valence-corrected chi connectivity index (χ1v) is 4.50. The lowest BCUT2D eigenvalue weighted by Crippen LogP contribution is -1.74. The van der Waals surface area contributed by atoms with Crippen molar-refractivity contribution in [1.29, 1.82) is 0 Å². The third-order valence-corrected chi connectivity index (χ3v) is 2.42. The van der Waals surface area contributed by atoms with Gasteiger partial charge >= 0.3 is 0 Å². The number of rotatable bonds is 1. The van der Waals surface area contributed by atoms with Crippen LogP contribution in [0.25, 0.3) is 0 Å². The zero-order valence-electron chi connectivity index (χ0n) is 4.77. The first kappa shape index (κ1) is 8.18. The fraction of sp³-hybridized carbons (Fsp3) is 0. The van der Waals surface area contributed by atoms with E-state index in [0.717, 1.165) is 11.0 Å². The molecule has 0 nitrogen and oxygen atoms in total. The van der Waals surface area contributed by atoms with Crippen molar-refractivity contribution in [1.82, 2.24) is 0 Å². The smallest absolute Gasteiger partial charge is 0.124 e. The monoisotopic (exact) mass is 196 g/mol. The largest absolute Gasteiger partial charge is 0.207 e. The van der Waals surface area contributed by atoms with Crippen LogP contribution in [0.5, 0.6) is 0 Å². The molecule has 0 saturated heterocycles. The standard InChI is InChI=1S/C6H3Cl2FS/c7-5-3-4(9)1-2-6(5)10-8/h1-3H. The number of hydrogen-bond acceptors (Lipinski definition) is 1. The Kier molecular flexibility index (Phi) is 2.83. The van der Waals surface area contributed by atoms with Crippen molar-refractivity contribution in [2.75, 3.05) is 0 Å². The lowest BCUT2D eigenvalue weighted by molar-refractivity contribution is 0.626. The van der Waals surface area contributed by atoms with Crippen LogP contribution >= 0.6 is 33.3 Å². The third-order valence-electron chi connectivity index (χ3n) is 0.977. The maximum absolute atomic E-state index is 12.3. The molecule has 0 fully saturated rings. The summed E-state index contributed by atoms with van der Waals surface area (Å²) in [5, 5.41) is 0.347.